The van der Waals surface area contributed by atoms with Gasteiger partial charge in [0.05, 0.1) is 10.9 Å². The predicted octanol–water partition coefficient (Wildman–Crippen LogP) is 1.93. The molecule has 2 rings (SSSR count). The van der Waals surface area contributed by atoms with Crippen LogP contribution >= 0.6 is 0 Å². The van der Waals surface area contributed by atoms with Crippen LogP contribution in [-0.4, -0.2) is 37.9 Å². The van der Waals surface area contributed by atoms with Gasteiger partial charge in [0, 0.05) is 13.1 Å². The van der Waals surface area contributed by atoms with Crippen molar-refractivity contribution >= 4 is 16.1 Å². The molecule has 0 aliphatic carbocycles. The highest BCUT2D eigenvalue weighted by molar-refractivity contribution is 7.89. The Kier molecular flexibility index (Phi) is 4.56. The lowest BCUT2D eigenvalue weighted by atomic mass is 10.1. The van der Waals surface area contributed by atoms with Gasteiger partial charge in [0.1, 0.15) is 5.82 Å². The summed E-state index contributed by atoms with van der Waals surface area (Å²) < 4.78 is 40.2. The molecule has 1 fully saturated rings. The minimum atomic E-state index is -3.71. The molecule has 1 heterocycles. The van der Waals surface area contributed by atoms with Crippen LogP contribution in [0.1, 0.15) is 24.0 Å². The second-order valence-electron chi connectivity index (χ2n) is 5.25. The molecule has 0 bridgehead atoms. The molecule has 21 heavy (non-hydrogen) atoms. The highest BCUT2D eigenvalue weighted by Gasteiger charge is 2.32. The molecule has 0 spiro atoms. The van der Waals surface area contributed by atoms with E-state index in [4.69, 9.17) is 0 Å². The van der Waals surface area contributed by atoms with E-state index in [2.05, 4.69) is 4.99 Å². The third-order valence-electron chi connectivity index (χ3n) is 3.62. The molecule has 0 amide bonds. The lowest BCUT2D eigenvalue weighted by Gasteiger charge is -2.30. The molecule has 1 atom stereocenters. The highest BCUT2D eigenvalue weighted by Crippen LogP contribution is 2.27. The molecule has 0 radical (unpaired) electrons. The van der Waals surface area contributed by atoms with Crippen molar-refractivity contribution in [1.29, 1.82) is 0 Å². The fourth-order valence-electron chi connectivity index (χ4n) is 2.75. The maximum atomic E-state index is 13.3. The second-order valence-corrected chi connectivity index (χ2v) is 7.12. The van der Waals surface area contributed by atoms with Gasteiger partial charge in [-0.3, -0.25) is 0 Å². The van der Waals surface area contributed by atoms with Crippen LogP contribution in [0.3, 0.4) is 0 Å². The van der Waals surface area contributed by atoms with E-state index in [9.17, 15) is 17.6 Å². The average Bonchev–Trinajstić information content (AvgIpc) is 2.37. The van der Waals surface area contributed by atoms with E-state index in [-0.39, 0.29) is 17.5 Å². The Morgan fingerprint density at radius 3 is 2.52 bits per heavy atom. The first kappa shape index (κ1) is 15.8. The summed E-state index contributed by atoms with van der Waals surface area (Å²) in [5, 5.41) is 0. The molecular weight excluding hydrogens is 295 g/mol. The Bertz CT molecular complexity index is 673. The average molecular weight is 312 g/mol. The van der Waals surface area contributed by atoms with Gasteiger partial charge in [-0.2, -0.15) is 4.31 Å². The van der Waals surface area contributed by atoms with E-state index in [0.717, 1.165) is 0 Å². The minimum Gasteiger partial charge on any atom is -0.211 e. The van der Waals surface area contributed by atoms with Gasteiger partial charge in [-0.05, 0) is 49.9 Å². The van der Waals surface area contributed by atoms with Crippen LogP contribution in [0.2, 0.25) is 0 Å². The third kappa shape index (κ3) is 3.20. The van der Waals surface area contributed by atoms with E-state index in [1.807, 2.05) is 0 Å². The molecule has 1 unspecified atom stereocenters. The van der Waals surface area contributed by atoms with E-state index in [1.54, 1.807) is 13.8 Å². The number of hydrogen-bond donors (Lipinski definition) is 0. The fourth-order valence-corrected chi connectivity index (χ4v) is 4.68. The highest BCUT2D eigenvalue weighted by atomic mass is 32.2. The molecule has 1 aliphatic heterocycles. The maximum absolute atomic E-state index is 13.3. The molecular formula is C14H17FN2O3S. The lowest BCUT2D eigenvalue weighted by Crippen LogP contribution is -2.42. The number of aryl methyl sites for hydroxylation is 2. The van der Waals surface area contributed by atoms with E-state index < -0.39 is 15.8 Å². The number of sulfonamides is 1. The zero-order valence-corrected chi connectivity index (χ0v) is 12.8. The van der Waals surface area contributed by atoms with Crippen LogP contribution < -0.4 is 0 Å². The number of aliphatic imine (C=N–C) groups is 1. The molecule has 1 aromatic rings. The van der Waals surface area contributed by atoms with Crippen LogP contribution in [0, 0.1) is 19.7 Å². The van der Waals surface area contributed by atoms with Crippen LogP contribution in [0.25, 0.3) is 0 Å². The van der Waals surface area contributed by atoms with Crippen molar-refractivity contribution in [1.82, 2.24) is 4.31 Å². The standard InChI is InChI=1S/C14H17FN2O3S/c1-10-6-12(15)7-11(2)14(10)21(19,20)17-5-3-4-13(8-17)16-9-18/h6-7,13H,3-5,8H2,1-2H3. The maximum Gasteiger partial charge on any atom is 0.243 e. The summed E-state index contributed by atoms with van der Waals surface area (Å²) in [5.74, 6) is -0.453. The summed E-state index contributed by atoms with van der Waals surface area (Å²) in [6.07, 6.45) is 2.79. The first-order valence-electron chi connectivity index (χ1n) is 6.70. The van der Waals surface area contributed by atoms with E-state index >= 15 is 0 Å². The fraction of sp³-hybridized carbons (Fsp3) is 0.500. The number of piperidine rings is 1. The zero-order chi connectivity index (χ0) is 15.6. The van der Waals surface area contributed by atoms with E-state index in [0.29, 0.717) is 30.5 Å². The molecule has 1 aromatic carbocycles. The third-order valence-corrected chi connectivity index (χ3v) is 5.79. The summed E-state index contributed by atoms with van der Waals surface area (Å²) in [6.45, 7) is 3.69. The minimum absolute atomic E-state index is 0.139. The lowest BCUT2D eigenvalue weighted by molar-refractivity contribution is 0.316. The Morgan fingerprint density at radius 2 is 1.95 bits per heavy atom. The number of carbonyl (C=O) groups excluding carboxylic acids is 1. The summed E-state index contributed by atoms with van der Waals surface area (Å²) in [5.41, 5.74) is 0.766. The normalized spacial score (nSPS) is 20.0. The van der Waals surface area contributed by atoms with Crippen molar-refractivity contribution in [3.8, 4) is 0 Å². The van der Waals surface area contributed by atoms with Gasteiger partial charge in [0.15, 0.2) is 0 Å². The van der Waals surface area contributed by atoms with Crippen LogP contribution in [0.5, 0.6) is 0 Å². The van der Waals surface area contributed by atoms with Crippen LogP contribution in [0.4, 0.5) is 4.39 Å². The Morgan fingerprint density at radius 1 is 1.33 bits per heavy atom. The van der Waals surface area contributed by atoms with Crippen molar-refractivity contribution in [3.05, 3.63) is 29.1 Å². The largest absolute Gasteiger partial charge is 0.243 e. The van der Waals surface area contributed by atoms with Gasteiger partial charge in [0.2, 0.25) is 16.1 Å². The first-order valence-corrected chi connectivity index (χ1v) is 8.14. The molecule has 1 aliphatic rings. The number of benzene rings is 1. The van der Waals surface area contributed by atoms with Crippen molar-refractivity contribution in [2.75, 3.05) is 13.1 Å². The van der Waals surface area contributed by atoms with Crippen LogP contribution in [0.15, 0.2) is 22.0 Å². The summed E-state index contributed by atoms with van der Waals surface area (Å²) in [4.78, 5) is 14.1. The van der Waals surface area contributed by atoms with E-state index in [1.165, 1.54) is 22.5 Å². The van der Waals surface area contributed by atoms with Gasteiger partial charge in [-0.15, -0.1) is 0 Å². The van der Waals surface area contributed by atoms with Crippen molar-refractivity contribution in [3.63, 3.8) is 0 Å². The first-order chi connectivity index (χ1) is 9.86. The second kappa shape index (κ2) is 6.05. The van der Waals surface area contributed by atoms with Gasteiger partial charge in [0.25, 0.3) is 0 Å². The van der Waals surface area contributed by atoms with Gasteiger partial charge < -0.3 is 0 Å². The predicted molar refractivity (Wildman–Crippen MR) is 75.8 cm³/mol. The molecule has 0 aromatic heterocycles. The van der Waals surface area contributed by atoms with Crippen molar-refractivity contribution < 1.29 is 17.6 Å². The Labute approximate surface area is 123 Å². The van der Waals surface area contributed by atoms with Gasteiger partial charge in [-0.25, -0.2) is 22.6 Å². The molecule has 7 heteroatoms. The monoisotopic (exact) mass is 312 g/mol. The summed E-state index contributed by atoms with van der Waals surface area (Å²) in [7, 11) is -3.71. The number of nitrogens with zero attached hydrogens (tertiary/aromatic N) is 2. The smallest absolute Gasteiger partial charge is 0.211 e. The molecule has 0 saturated carbocycles. The van der Waals surface area contributed by atoms with Gasteiger partial charge in [-0.1, -0.05) is 0 Å². The quantitative estimate of drug-likeness (QED) is 0.633. The van der Waals surface area contributed by atoms with Crippen molar-refractivity contribution in [2.45, 2.75) is 37.6 Å². The Hall–Kier alpha value is -1.56. The number of hydrogen-bond acceptors (Lipinski definition) is 4. The zero-order valence-electron chi connectivity index (χ0n) is 12.0. The number of isocyanates is 1. The van der Waals surface area contributed by atoms with Gasteiger partial charge >= 0.3 is 0 Å². The Balaban J connectivity index is 2.40. The molecule has 114 valence electrons. The number of halogens is 1. The van der Waals surface area contributed by atoms with Crippen molar-refractivity contribution in [2.24, 2.45) is 4.99 Å². The summed E-state index contributed by atoms with van der Waals surface area (Å²) >= 11 is 0. The SMILES string of the molecule is Cc1cc(F)cc(C)c1S(=O)(=O)N1CCCC(N=C=O)C1. The molecule has 5 nitrogen and oxygen atoms in total. The molecule has 0 N–H and O–H groups in total. The number of rotatable bonds is 3. The molecule has 1 saturated heterocycles. The summed E-state index contributed by atoms with van der Waals surface area (Å²) in [6, 6.07) is 2.07. The topological polar surface area (TPSA) is 66.8 Å². The van der Waals surface area contributed by atoms with Crippen LogP contribution in [-0.2, 0) is 14.8 Å².